The number of nitrogens with zero attached hydrogens (tertiary/aromatic N) is 2. The maximum Gasteiger partial charge on any atom is 0.224 e. The second kappa shape index (κ2) is 5.77. The molecule has 1 atom stereocenters. The van der Waals surface area contributed by atoms with Crippen molar-refractivity contribution in [2.24, 2.45) is 5.73 Å². The Morgan fingerprint density at radius 3 is 3.12 bits per heavy atom. The highest BCUT2D eigenvalue weighted by Gasteiger charge is 2.27. The van der Waals surface area contributed by atoms with E-state index in [1.807, 2.05) is 23.2 Å². The van der Waals surface area contributed by atoms with Crippen LogP contribution in [0.25, 0.3) is 0 Å². The molecule has 0 spiro atoms. The molecule has 1 aromatic heterocycles. The van der Waals surface area contributed by atoms with Crippen LogP contribution in [0.2, 0.25) is 0 Å². The zero-order chi connectivity index (χ0) is 12.1. The summed E-state index contributed by atoms with van der Waals surface area (Å²) >= 11 is 0. The lowest BCUT2D eigenvalue weighted by molar-refractivity contribution is -0.134. The first kappa shape index (κ1) is 12.0. The van der Waals surface area contributed by atoms with Gasteiger partial charge in [0.25, 0.3) is 0 Å². The standard InChI is InChI=1S/C13H19N3O/c14-7-6-13(17)16-9-2-1-5-12(16)11-4-3-8-15-10-11/h3-4,8,10,12H,1-2,5-7,9,14H2/t12-/m0/s1. The van der Waals surface area contributed by atoms with Gasteiger partial charge < -0.3 is 10.6 Å². The summed E-state index contributed by atoms with van der Waals surface area (Å²) in [6.45, 7) is 1.27. The zero-order valence-electron chi connectivity index (χ0n) is 10.0. The number of likely N-dealkylation sites (tertiary alicyclic amines) is 1. The van der Waals surface area contributed by atoms with Gasteiger partial charge in [-0.3, -0.25) is 9.78 Å². The van der Waals surface area contributed by atoms with Crippen molar-refractivity contribution in [2.75, 3.05) is 13.1 Å². The number of rotatable bonds is 3. The minimum Gasteiger partial charge on any atom is -0.336 e. The number of aromatic nitrogens is 1. The molecule has 92 valence electrons. The summed E-state index contributed by atoms with van der Waals surface area (Å²) in [5, 5.41) is 0. The lowest BCUT2D eigenvalue weighted by Crippen LogP contribution is -2.39. The van der Waals surface area contributed by atoms with E-state index in [4.69, 9.17) is 5.73 Å². The van der Waals surface area contributed by atoms with Gasteiger partial charge in [0.2, 0.25) is 5.91 Å². The van der Waals surface area contributed by atoms with Crippen molar-refractivity contribution in [1.29, 1.82) is 0 Å². The normalized spacial score (nSPS) is 20.3. The van der Waals surface area contributed by atoms with Gasteiger partial charge in [-0.15, -0.1) is 0 Å². The molecule has 1 aliphatic heterocycles. The molecule has 4 nitrogen and oxygen atoms in total. The Kier molecular flexibility index (Phi) is 4.09. The maximum atomic E-state index is 12.0. The van der Waals surface area contributed by atoms with Crippen LogP contribution < -0.4 is 5.73 Å². The van der Waals surface area contributed by atoms with Gasteiger partial charge in [0.1, 0.15) is 0 Å². The smallest absolute Gasteiger partial charge is 0.224 e. The summed E-state index contributed by atoms with van der Waals surface area (Å²) < 4.78 is 0. The van der Waals surface area contributed by atoms with Crippen molar-refractivity contribution in [3.8, 4) is 0 Å². The van der Waals surface area contributed by atoms with E-state index in [1.165, 1.54) is 6.42 Å². The predicted octanol–water partition coefficient (Wildman–Crippen LogP) is 1.48. The van der Waals surface area contributed by atoms with E-state index in [2.05, 4.69) is 4.98 Å². The third kappa shape index (κ3) is 2.82. The average Bonchev–Trinajstić information content (AvgIpc) is 2.40. The molecule has 0 bridgehead atoms. The lowest BCUT2D eigenvalue weighted by Gasteiger charge is -2.36. The molecule has 0 aromatic carbocycles. The van der Waals surface area contributed by atoms with Crippen LogP contribution in [0.4, 0.5) is 0 Å². The number of carbonyl (C=O) groups excluding carboxylic acids is 1. The molecule has 0 radical (unpaired) electrons. The molecule has 0 aliphatic carbocycles. The van der Waals surface area contributed by atoms with Gasteiger partial charge in [0.05, 0.1) is 6.04 Å². The third-order valence-corrected chi connectivity index (χ3v) is 3.25. The number of pyridine rings is 1. The van der Waals surface area contributed by atoms with E-state index in [0.29, 0.717) is 13.0 Å². The molecule has 0 unspecified atom stereocenters. The summed E-state index contributed by atoms with van der Waals surface area (Å²) in [5.41, 5.74) is 6.60. The topological polar surface area (TPSA) is 59.2 Å². The first-order valence-electron chi connectivity index (χ1n) is 6.22. The Morgan fingerprint density at radius 2 is 2.41 bits per heavy atom. The van der Waals surface area contributed by atoms with E-state index >= 15 is 0 Å². The molecule has 2 N–H and O–H groups in total. The van der Waals surface area contributed by atoms with Crippen molar-refractivity contribution in [3.63, 3.8) is 0 Å². The van der Waals surface area contributed by atoms with Gasteiger partial charge in [-0.2, -0.15) is 0 Å². The van der Waals surface area contributed by atoms with Crippen LogP contribution in [0, 0.1) is 0 Å². The lowest BCUT2D eigenvalue weighted by atomic mass is 9.96. The first-order chi connectivity index (χ1) is 8.33. The molecule has 2 heterocycles. The summed E-state index contributed by atoms with van der Waals surface area (Å²) in [5.74, 6) is 0.168. The fraction of sp³-hybridized carbons (Fsp3) is 0.538. The van der Waals surface area contributed by atoms with Crippen LogP contribution in [0.5, 0.6) is 0 Å². The Hall–Kier alpha value is -1.42. The van der Waals surface area contributed by atoms with E-state index in [1.54, 1.807) is 6.20 Å². The molecule has 1 fully saturated rings. The van der Waals surface area contributed by atoms with Crippen molar-refractivity contribution in [2.45, 2.75) is 31.7 Å². The molecule has 0 saturated carbocycles. The van der Waals surface area contributed by atoms with Crippen molar-refractivity contribution in [1.82, 2.24) is 9.88 Å². The fourth-order valence-electron chi connectivity index (χ4n) is 2.42. The van der Waals surface area contributed by atoms with Gasteiger partial charge in [-0.25, -0.2) is 0 Å². The molecule has 4 heteroatoms. The summed E-state index contributed by atoms with van der Waals surface area (Å²) in [7, 11) is 0. The zero-order valence-corrected chi connectivity index (χ0v) is 10.0. The van der Waals surface area contributed by atoms with Crippen LogP contribution in [-0.2, 0) is 4.79 Å². The molecular formula is C13H19N3O. The molecule has 1 aromatic rings. The highest BCUT2D eigenvalue weighted by atomic mass is 16.2. The number of carbonyl (C=O) groups is 1. The molecule has 1 aliphatic rings. The summed E-state index contributed by atoms with van der Waals surface area (Å²) in [4.78, 5) is 18.1. The Bertz CT molecular complexity index is 366. The number of piperidine rings is 1. The Morgan fingerprint density at radius 1 is 1.53 bits per heavy atom. The van der Waals surface area contributed by atoms with Crippen LogP contribution in [0.3, 0.4) is 0 Å². The van der Waals surface area contributed by atoms with E-state index in [9.17, 15) is 4.79 Å². The Balaban J connectivity index is 2.15. The number of amides is 1. The number of nitrogens with two attached hydrogens (primary N) is 1. The quantitative estimate of drug-likeness (QED) is 0.860. The SMILES string of the molecule is NCCC(=O)N1CCCC[C@H]1c1cccnc1. The number of hydrogen-bond acceptors (Lipinski definition) is 3. The third-order valence-electron chi connectivity index (χ3n) is 3.25. The predicted molar refractivity (Wildman–Crippen MR) is 66.2 cm³/mol. The molecule has 1 amide bonds. The van der Waals surface area contributed by atoms with Gasteiger partial charge in [-0.05, 0) is 30.9 Å². The summed E-state index contributed by atoms with van der Waals surface area (Å²) in [6, 6.07) is 4.16. The minimum atomic E-state index is 0.168. The van der Waals surface area contributed by atoms with Crippen molar-refractivity contribution >= 4 is 5.91 Å². The van der Waals surface area contributed by atoms with E-state index in [0.717, 1.165) is 24.9 Å². The van der Waals surface area contributed by atoms with E-state index in [-0.39, 0.29) is 11.9 Å². The Labute approximate surface area is 102 Å². The second-order valence-corrected chi connectivity index (χ2v) is 4.42. The van der Waals surface area contributed by atoms with Gasteiger partial charge >= 0.3 is 0 Å². The first-order valence-corrected chi connectivity index (χ1v) is 6.22. The molecular weight excluding hydrogens is 214 g/mol. The van der Waals surface area contributed by atoms with Crippen molar-refractivity contribution in [3.05, 3.63) is 30.1 Å². The minimum absolute atomic E-state index is 0.168. The van der Waals surface area contributed by atoms with Gasteiger partial charge in [-0.1, -0.05) is 6.07 Å². The second-order valence-electron chi connectivity index (χ2n) is 4.42. The van der Waals surface area contributed by atoms with Crippen LogP contribution in [0.15, 0.2) is 24.5 Å². The highest BCUT2D eigenvalue weighted by Crippen LogP contribution is 2.30. The number of hydrogen-bond donors (Lipinski definition) is 1. The van der Waals surface area contributed by atoms with Gasteiger partial charge in [0, 0.05) is 31.9 Å². The van der Waals surface area contributed by atoms with Gasteiger partial charge in [0.15, 0.2) is 0 Å². The van der Waals surface area contributed by atoms with E-state index < -0.39 is 0 Å². The molecule has 1 saturated heterocycles. The molecule has 2 rings (SSSR count). The van der Waals surface area contributed by atoms with Crippen molar-refractivity contribution < 1.29 is 4.79 Å². The monoisotopic (exact) mass is 233 g/mol. The largest absolute Gasteiger partial charge is 0.336 e. The highest BCUT2D eigenvalue weighted by molar-refractivity contribution is 5.77. The van der Waals surface area contributed by atoms with Crippen LogP contribution in [-0.4, -0.2) is 28.9 Å². The maximum absolute atomic E-state index is 12.0. The molecule has 17 heavy (non-hydrogen) atoms. The van der Waals surface area contributed by atoms with Crippen LogP contribution in [0.1, 0.15) is 37.3 Å². The fourth-order valence-corrected chi connectivity index (χ4v) is 2.42. The van der Waals surface area contributed by atoms with Crippen LogP contribution >= 0.6 is 0 Å². The summed E-state index contributed by atoms with van der Waals surface area (Å²) in [6.07, 6.45) is 7.36. The average molecular weight is 233 g/mol.